The molecule has 1 aliphatic carbocycles. The van der Waals surface area contributed by atoms with Gasteiger partial charge in [-0.05, 0) is 31.8 Å². The maximum atomic E-state index is 5.89. The van der Waals surface area contributed by atoms with Crippen LogP contribution in [0.1, 0.15) is 58.7 Å². The van der Waals surface area contributed by atoms with E-state index < -0.39 is 0 Å². The van der Waals surface area contributed by atoms with Crippen LogP contribution in [0.25, 0.3) is 0 Å². The summed E-state index contributed by atoms with van der Waals surface area (Å²) in [5.41, 5.74) is 5.83. The molecule has 0 amide bonds. The Labute approximate surface area is 121 Å². The minimum Gasteiger partial charge on any atom is -0.338 e. The molecule has 1 aromatic heterocycles. The van der Waals surface area contributed by atoms with Gasteiger partial charge in [0, 0.05) is 11.5 Å². The van der Waals surface area contributed by atoms with E-state index >= 15 is 0 Å². The zero-order chi connectivity index (χ0) is 14.8. The lowest BCUT2D eigenvalue weighted by Crippen LogP contribution is -2.39. The molecule has 5 nitrogen and oxygen atoms in total. The fourth-order valence-electron chi connectivity index (χ4n) is 3.03. The van der Waals surface area contributed by atoms with Crippen LogP contribution in [0.4, 0.5) is 0 Å². The first-order chi connectivity index (χ1) is 9.45. The van der Waals surface area contributed by atoms with E-state index in [-0.39, 0.29) is 5.41 Å². The first-order valence-corrected chi connectivity index (χ1v) is 7.73. The van der Waals surface area contributed by atoms with Crippen LogP contribution in [0.15, 0.2) is 4.52 Å². The Morgan fingerprint density at radius 2 is 2.10 bits per heavy atom. The molecule has 0 radical (unpaired) electrons. The van der Waals surface area contributed by atoms with Gasteiger partial charge in [0.2, 0.25) is 5.89 Å². The molecular formula is C15H28N4O. The highest BCUT2D eigenvalue weighted by Gasteiger charge is 2.31. The maximum Gasteiger partial charge on any atom is 0.240 e. The Morgan fingerprint density at radius 1 is 1.35 bits per heavy atom. The number of rotatable bonds is 5. The monoisotopic (exact) mass is 280 g/mol. The van der Waals surface area contributed by atoms with Crippen molar-refractivity contribution in [1.82, 2.24) is 15.0 Å². The predicted molar refractivity (Wildman–Crippen MR) is 79.3 cm³/mol. The van der Waals surface area contributed by atoms with E-state index in [0.29, 0.717) is 12.0 Å². The number of aromatic nitrogens is 2. The number of nitrogens with two attached hydrogens (primary N) is 1. The minimum absolute atomic E-state index is 0.0635. The summed E-state index contributed by atoms with van der Waals surface area (Å²) in [6, 6.07) is 0.565. The highest BCUT2D eigenvalue weighted by molar-refractivity contribution is 5.00. The first kappa shape index (κ1) is 15.4. The Bertz CT molecular complexity index is 424. The van der Waals surface area contributed by atoms with E-state index in [0.717, 1.165) is 31.3 Å². The summed E-state index contributed by atoms with van der Waals surface area (Å²) < 4.78 is 5.42. The summed E-state index contributed by atoms with van der Waals surface area (Å²) in [6.07, 6.45) is 3.75. The maximum absolute atomic E-state index is 5.89. The van der Waals surface area contributed by atoms with Crippen molar-refractivity contribution in [2.24, 2.45) is 11.7 Å². The van der Waals surface area contributed by atoms with Gasteiger partial charge >= 0.3 is 0 Å². The van der Waals surface area contributed by atoms with Gasteiger partial charge in [-0.3, -0.25) is 4.90 Å². The second kappa shape index (κ2) is 6.22. The molecule has 0 aromatic carbocycles. The molecule has 114 valence electrons. The van der Waals surface area contributed by atoms with E-state index in [1.54, 1.807) is 0 Å². The third kappa shape index (κ3) is 3.38. The third-order valence-electron chi connectivity index (χ3n) is 4.27. The Hall–Kier alpha value is -0.940. The fraction of sp³-hybridized carbons (Fsp3) is 0.867. The topological polar surface area (TPSA) is 68.2 Å². The predicted octanol–water partition coefficient (Wildman–Crippen LogP) is 2.32. The third-order valence-corrected chi connectivity index (χ3v) is 4.27. The standard InChI is InChI=1S/C15H28N4O/c1-5-19(12-8-6-7-11(12)9-16)10-13-17-14(18-20-13)15(2,3)4/h11-12H,5-10,16H2,1-4H3. The highest BCUT2D eigenvalue weighted by atomic mass is 16.5. The average molecular weight is 280 g/mol. The molecule has 2 atom stereocenters. The molecule has 20 heavy (non-hydrogen) atoms. The summed E-state index contributed by atoms with van der Waals surface area (Å²) in [7, 11) is 0. The zero-order valence-electron chi connectivity index (χ0n) is 13.2. The molecule has 5 heteroatoms. The van der Waals surface area contributed by atoms with Gasteiger partial charge in [-0.25, -0.2) is 0 Å². The molecule has 1 saturated carbocycles. The molecule has 2 unspecified atom stereocenters. The quantitative estimate of drug-likeness (QED) is 0.896. The van der Waals surface area contributed by atoms with E-state index in [9.17, 15) is 0 Å². The van der Waals surface area contributed by atoms with Crippen LogP contribution < -0.4 is 5.73 Å². The van der Waals surface area contributed by atoms with Gasteiger partial charge in [-0.2, -0.15) is 4.98 Å². The van der Waals surface area contributed by atoms with Crippen LogP contribution >= 0.6 is 0 Å². The lowest BCUT2D eigenvalue weighted by atomic mass is 9.96. The smallest absolute Gasteiger partial charge is 0.240 e. The molecule has 1 aromatic rings. The van der Waals surface area contributed by atoms with E-state index in [1.165, 1.54) is 19.3 Å². The molecule has 1 fully saturated rings. The molecular weight excluding hydrogens is 252 g/mol. The normalized spacial score (nSPS) is 23.7. The van der Waals surface area contributed by atoms with Crippen LogP contribution in [0.3, 0.4) is 0 Å². The highest BCUT2D eigenvalue weighted by Crippen LogP contribution is 2.30. The van der Waals surface area contributed by atoms with E-state index in [1.807, 2.05) is 0 Å². The van der Waals surface area contributed by atoms with Crippen molar-refractivity contribution in [2.75, 3.05) is 13.1 Å². The SMILES string of the molecule is CCN(Cc1nc(C(C)(C)C)no1)C1CCCC1CN. The van der Waals surface area contributed by atoms with Crippen LogP contribution in [0, 0.1) is 5.92 Å². The summed E-state index contributed by atoms with van der Waals surface area (Å²) in [5, 5.41) is 4.10. The summed E-state index contributed by atoms with van der Waals surface area (Å²) >= 11 is 0. The van der Waals surface area contributed by atoms with Crippen LogP contribution in [0.2, 0.25) is 0 Å². The van der Waals surface area contributed by atoms with Crippen LogP contribution in [-0.4, -0.2) is 34.2 Å². The van der Waals surface area contributed by atoms with Crippen molar-refractivity contribution < 1.29 is 4.52 Å². The zero-order valence-corrected chi connectivity index (χ0v) is 13.2. The molecule has 2 rings (SSSR count). The number of hydrogen-bond donors (Lipinski definition) is 1. The Balaban J connectivity index is 2.05. The molecule has 0 spiro atoms. The van der Waals surface area contributed by atoms with Crippen molar-refractivity contribution in [1.29, 1.82) is 0 Å². The number of hydrogen-bond acceptors (Lipinski definition) is 5. The van der Waals surface area contributed by atoms with Crippen LogP contribution in [0.5, 0.6) is 0 Å². The second-order valence-corrected chi connectivity index (χ2v) is 6.82. The number of nitrogens with zero attached hydrogens (tertiary/aromatic N) is 3. The van der Waals surface area contributed by atoms with Gasteiger partial charge < -0.3 is 10.3 Å². The molecule has 1 heterocycles. The van der Waals surface area contributed by atoms with Crippen molar-refractivity contribution in [3.05, 3.63) is 11.7 Å². The molecule has 0 bridgehead atoms. The summed E-state index contributed by atoms with van der Waals surface area (Å²) in [6.45, 7) is 11.0. The lowest BCUT2D eigenvalue weighted by molar-refractivity contribution is 0.143. The average Bonchev–Trinajstić information content (AvgIpc) is 3.03. The molecule has 2 N–H and O–H groups in total. The molecule has 1 aliphatic rings. The summed E-state index contributed by atoms with van der Waals surface area (Å²) in [4.78, 5) is 6.98. The van der Waals surface area contributed by atoms with Gasteiger partial charge in [0.25, 0.3) is 0 Å². The van der Waals surface area contributed by atoms with Crippen molar-refractivity contribution in [3.63, 3.8) is 0 Å². The van der Waals surface area contributed by atoms with Gasteiger partial charge in [0.05, 0.1) is 6.54 Å². The Morgan fingerprint density at radius 3 is 2.65 bits per heavy atom. The van der Waals surface area contributed by atoms with Gasteiger partial charge in [0.15, 0.2) is 5.82 Å². The lowest BCUT2D eigenvalue weighted by Gasteiger charge is -2.30. The second-order valence-electron chi connectivity index (χ2n) is 6.82. The minimum atomic E-state index is -0.0635. The van der Waals surface area contributed by atoms with Crippen molar-refractivity contribution >= 4 is 0 Å². The van der Waals surface area contributed by atoms with E-state index in [2.05, 4.69) is 42.7 Å². The van der Waals surface area contributed by atoms with Gasteiger partial charge in [0.1, 0.15) is 0 Å². The van der Waals surface area contributed by atoms with Crippen LogP contribution in [-0.2, 0) is 12.0 Å². The fourth-order valence-corrected chi connectivity index (χ4v) is 3.03. The van der Waals surface area contributed by atoms with Crippen molar-refractivity contribution in [3.8, 4) is 0 Å². The Kier molecular flexibility index (Phi) is 4.81. The van der Waals surface area contributed by atoms with Gasteiger partial charge in [-0.1, -0.05) is 39.3 Å². The molecule has 0 aliphatic heterocycles. The largest absolute Gasteiger partial charge is 0.338 e. The summed E-state index contributed by atoms with van der Waals surface area (Å²) in [5.74, 6) is 2.12. The van der Waals surface area contributed by atoms with E-state index in [4.69, 9.17) is 10.3 Å². The molecule has 0 saturated heterocycles. The first-order valence-electron chi connectivity index (χ1n) is 7.73. The van der Waals surface area contributed by atoms with Crippen molar-refractivity contribution in [2.45, 2.75) is 65.0 Å². The van der Waals surface area contributed by atoms with Gasteiger partial charge in [-0.15, -0.1) is 0 Å².